The number of amides is 1. The molecule has 8 nitrogen and oxygen atoms in total. The van der Waals surface area contributed by atoms with Crippen LogP contribution in [0.25, 0.3) is 10.9 Å². The van der Waals surface area contributed by atoms with E-state index in [1.165, 1.54) is 6.08 Å². The van der Waals surface area contributed by atoms with Crippen LogP contribution in [0.4, 0.5) is 28.8 Å². The van der Waals surface area contributed by atoms with Crippen LogP contribution in [-0.4, -0.2) is 25.7 Å². The normalized spacial score (nSPS) is 10.6. The molecule has 0 unspecified atom stereocenters. The standard InChI is InChI=1S/C21H18ClN7O/c1-3-18(30)24-13-6-4-7-14(10-13)25-20-19-16(22)8-5-9-17(19)27-21(28-20)26-15-11-23-29(2)12-15/h3-12H,1H2,2H3,(H,24,30)(H2,25,26,27,28). The number of carbonyl (C=O) groups is 1. The third kappa shape index (κ3) is 4.23. The lowest BCUT2D eigenvalue weighted by molar-refractivity contribution is -0.111. The highest BCUT2D eigenvalue weighted by Crippen LogP contribution is 2.32. The minimum Gasteiger partial charge on any atom is -0.339 e. The van der Waals surface area contributed by atoms with Gasteiger partial charge in [-0.15, -0.1) is 0 Å². The van der Waals surface area contributed by atoms with Crippen molar-refractivity contribution in [1.29, 1.82) is 0 Å². The second-order valence-electron chi connectivity index (χ2n) is 6.46. The van der Waals surface area contributed by atoms with Gasteiger partial charge in [-0.2, -0.15) is 10.1 Å². The molecule has 2 heterocycles. The highest BCUT2D eigenvalue weighted by Gasteiger charge is 2.12. The molecule has 0 aliphatic rings. The number of nitrogens with one attached hydrogen (secondary N) is 3. The Morgan fingerprint density at radius 3 is 2.67 bits per heavy atom. The molecule has 1 amide bonds. The molecule has 0 spiro atoms. The van der Waals surface area contributed by atoms with Crippen molar-refractivity contribution in [2.75, 3.05) is 16.0 Å². The molecule has 0 radical (unpaired) electrons. The molecule has 0 aliphatic carbocycles. The number of hydrogen-bond donors (Lipinski definition) is 3. The summed E-state index contributed by atoms with van der Waals surface area (Å²) in [5.74, 6) is 0.645. The average molecular weight is 420 g/mol. The molecule has 150 valence electrons. The third-order valence-electron chi connectivity index (χ3n) is 4.21. The first-order valence-electron chi connectivity index (χ1n) is 9.04. The van der Waals surface area contributed by atoms with Gasteiger partial charge < -0.3 is 16.0 Å². The van der Waals surface area contributed by atoms with Crippen molar-refractivity contribution in [1.82, 2.24) is 19.7 Å². The van der Waals surface area contributed by atoms with E-state index < -0.39 is 0 Å². The zero-order valence-corrected chi connectivity index (χ0v) is 16.8. The number of aryl methyl sites for hydroxylation is 1. The zero-order valence-electron chi connectivity index (χ0n) is 16.1. The number of nitrogens with zero attached hydrogens (tertiary/aromatic N) is 4. The van der Waals surface area contributed by atoms with Crippen LogP contribution in [0.5, 0.6) is 0 Å². The topological polar surface area (TPSA) is 96.8 Å². The number of benzene rings is 2. The van der Waals surface area contributed by atoms with Gasteiger partial charge in [0.2, 0.25) is 11.9 Å². The molecular formula is C21H18ClN7O. The molecule has 0 fully saturated rings. The van der Waals surface area contributed by atoms with E-state index in [1.807, 2.05) is 37.5 Å². The van der Waals surface area contributed by atoms with E-state index in [2.05, 4.69) is 37.6 Å². The summed E-state index contributed by atoms with van der Waals surface area (Å²) >= 11 is 6.44. The molecular weight excluding hydrogens is 402 g/mol. The second kappa shape index (κ2) is 8.22. The van der Waals surface area contributed by atoms with E-state index in [0.29, 0.717) is 33.4 Å². The molecule has 0 aliphatic heterocycles. The first-order chi connectivity index (χ1) is 14.5. The van der Waals surface area contributed by atoms with Gasteiger partial charge in [0.1, 0.15) is 5.82 Å². The Kier molecular flexibility index (Phi) is 5.32. The fourth-order valence-electron chi connectivity index (χ4n) is 2.91. The van der Waals surface area contributed by atoms with Crippen molar-refractivity contribution in [3.8, 4) is 0 Å². The number of carbonyl (C=O) groups excluding carboxylic acids is 1. The van der Waals surface area contributed by atoms with Crippen molar-refractivity contribution in [2.45, 2.75) is 0 Å². The van der Waals surface area contributed by atoms with Gasteiger partial charge >= 0.3 is 0 Å². The average Bonchev–Trinajstić information content (AvgIpc) is 3.12. The molecule has 30 heavy (non-hydrogen) atoms. The van der Waals surface area contributed by atoms with Crippen LogP contribution in [0.15, 0.2) is 67.5 Å². The highest BCUT2D eigenvalue weighted by atomic mass is 35.5. The van der Waals surface area contributed by atoms with Crippen LogP contribution in [0, 0.1) is 0 Å². The van der Waals surface area contributed by atoms with Gasteiger partial charge in [-0.05, 0) is 36.4 Å². The fourth-order valence-corrected chi connectivity index (χ4v) is 3.17. The third-order valence-corrected chi connectivity index (χ3v) is 4.53. The Hall–Kier alpha value is -3.91. The molecule has 0 atom stereocenters. The summed E-state index contributed by atoms with van der Waals surface area (Å²) in [4.78, 5) is 20.8. The Balaban J connectivity index is 1.72. The second-order valence-corrected chi connectivity index (χ2v) is 6.86. The molecule has 0 bridgehead atoms. The number of halogens is 1. The van der Waals surface area contributed by atoms with Crippen molar-refractivity contribution < 1.29 is 4.79 Å². The van der Waals surface area contributed by atoms with Gasteiger partial charge in [-0.3, -0.25) is 9.48 Å². The number of aromatic nitrogens is 4. The van der Waals surface area contributed by atoms with E-state index in [1.54, 1.807) is 29.1 Å². The van der Waals surface area contributed by atoms with Gasteiger partial charge in [0.15, 0.2) is 0 Å². The molecule has 2 aromatic heterocycles. The largest absolute Gasteiger partial charge is 0.339 e. The van der Waals surface area contributed by atoms with Gasteiger partial charge in [0, 0.05) is 24.6 Å². The zero-order chi connectivity index (χ0) is 21.1. The maximum atomic E-state index is 11.6. The van der Waals surface area contributed by atoms with Gasteiger partial charge in [-0.1, -0.05) is 30.3 Å². The first-order valence-corrected chi connectivity index (χ1v) is 9.42. The SMILES string of the molecule is C=CC(=O)Nc1cccc(Nc2nc(Nc3cnn(C)c3)nc3cccc(Cl)c23)c1. The molecule has 2 aromatic carbocycles. The molecule has 0 saturated carbocycles. The lowest BCUT2D eigenvalue weighted by atomic mass is 10.2. The summed E-state index contributed by atoms with van der Waals surface area (Å²) in [6.45, 7) is 3.46. The van der Waals surface area contributed by atoms with Crippen molar-refractivity contribution in [2.24, 2.45) is 7.05 Å². The summed E-state index contributed by atoms with van der Waals surface area (Å²) in [5.41, 5.74) is 2.80. The minimum absolute atomic E-state index is 0.286. The molecule has 4 aromatic rings. The van der Waals surface area contributed by atoms with Crippen LogP contribution < -0.4 is 16.0 Å². The van der Waals surface area contributed by atoms with Gasteiger partial charge in [0.05, 0.1) is 27.8 Å². The van der Waals surface area contributed by atoms with Gasteiger partial charge in [0.25, 0.3) is 0 Å². The summed E-state index contributed by atoms with van der Waals surface area (Å²) < 4.78 is 1.68. The Morgan fingerprint density at radius 1 is 1.10 bits per heavy atom. The van der Waals surface area contributed by atoms with E-state index in [4.69, 9.17) is 11.6 Å². The molecule has 4 rings (SSSR count). The maximum absolute atomic E-state index is 11.6. The number of hydrogen-bond acceptors (Lipinski definition) is 6. The van der Waals surface area contributed by atoms with Crippen molar-refractivity contribution >= 4 is 57.2 Å². The lowest BCUT2D eigenvalue weighted by Gasteiger charge is -2.13. The Labute approximate surface area is 177 Å². The fraction of sp³-hybridized carbons (Fsp3) is 0.0476. The van der Waals surface area contributed by atoms with E-state index in [0.717, 1.165) is 11.4 Å². The maximum Gasteiger partial charge on any atom is 0.247 e. The predicted molar refractivity (Wildman–Crippen MR) is 120 cm³/mol. The van der Waals surface area contributed by atoms with Crippen molar-refractivity contribution in [3.05, 3.63) is 72.5 Å². The Morgan fingerprint density at radius 2 is 1.90 bits per heavy atom. The first kappa shape index (κ1) is 19.4. The van der Waals surface area contributed by atoms with Crippen LogP contribution in [0.2, 0.25) is 5.02 Å². The summed E-state index contributed by atoms with van der Waals surface area (Å²) in [6, 6.07) is 12.7. The predicted octanol–water partition coefficient (Wildman–Crippen LogP) is 4.63. The highest BCUT2D eigenvalue weighted by molar-refractivity contribution is 6.36. The van der Waals surface area contributed by atoms with Crippen LogP contribution in [0.1, 0.15) is 0 Å². The summed E-state index contributed by atoms with van der Waals surface area (Å²) in [6.07, 6.45) is 4.73. The number of anilines is 5. The van der Waals surface area contributed by atoms with E-state index >= 15 is 0 Å². The summed E-state index contributed by atoms with van der Waals surface area (Å²) in [7, 11) is 1.83. The van der Waals surface area contributed by atoms with E-state index in [-0.39, 0.29) is 5.91 Å². The lowest BCUT2D eigenvalue weighted by Crippen LogP contribution is -2.07. The van der Waals surface area contributed by atoms with Crippen LogP contribution in [-0.2, 0) is 11.8 Å². The van der Waals surface area contributed by atoms with E-state index in [9.17, 15) is 4.79 Å². The van der Waals surface area contributed by atoms with Crippen LogP contribution in [0.3, 0.4) is 0 Å². The summed E-state index contributed by atoms with van der Waals surface area (Å²) in [5, 5.41) is 14.5. The molecule has 3 N–H and O–H groups in total. The smallest absolute Gasteiger partial charge is 0.247 e. The molecule has 9 heteroatoms. The number of fused-ring (bicyclic) bond motifs is 1. The number of rotatable bonds is 6. The monoisotopic (exact) mass is 419 g/mol. The Bertz CT molecular complexity index is 1250. The van der Waals surface area contributed by atoms with Crippen molar-refractivity contribution in [3.63, 3.8) is 0 Å². The molecule has 0 saturated heterocycles. The quantitative estimate of drug-likeness (QED) is 0.394. The minimum atomic E-state index is -0.286. The van der Waals surface area contributed by atoms with Gasteiger partial charge in [-0.25, -0.2) is 4.98 Å². The van der Waals surface area contributed by atoms with Crippen LogP contribution >= 0.6 is 11.6 Å².